The molecule has 4 rings (SSSR count). The van der Waals surface area contributed by atoms with Gasteiger partial charge in [0.1, 0.15) is 11.9 Å². The number of nitrogens with zero attached hydrogens (tertiary/aromatic N) is 6. The standard InChI is InChI=1S/C21H18N6O/c22-13-16-4-7-20(25-14-16)26-9-11-27(12-10-26)21(28)17-5-6-19(24-15-17)18-3-1-2-8-23-18/h1-8,14-15H,9-12H2. The molecule has 0 aromatic carbocycles. The number of rotatable bonds is 3. The highest BCUT2D eigenvalue weighted by molar-refractivity contribution is 5.94. The molecule has 0 unspecified atom stereocenters. The van der Waals surface area contributed by atoms with Gasteiger partial charge in [-0.2, -0.15) is 5.26 Å². The Hall–Kier alpha value is -3.79. The van der Waals surface area contributed by atoms with Crippen LogP contribution in [0.3, 0.4) is 0 Å². The summed E-state index contributed by atoms with van der Waals surface area (Å²) >= 11 is 0. The van der Waals surface area contributed by atoms with Gasteiger partial charge in [0.25, 0.3) is 5.91 Å². The summed E-state index contributed by atoms with van der Waals surface area (Å²) in [6.07, 6.45) is 4.90. The van der Waals surface area contributed by atoms with Crippen molar-refractivity contribution in [1.29, 1.82) is 5.26 Å². The van der Waals surface area contributed by atoms with Crippen LogP contribution in [0.1, 0.15) is 15.9 Å². The molecular formula is C21H18N6O. The fraction of sp³-hybridized carbons (Fsp3) is 0.190. The summed E-state index contributed by atoms with van der Waals surface area (Å²) in [6.45, 7) is 2.62. The molecule has 28 heavy (non-hydrogen) atoms. The van der Waals surface area contributed by atoms with Gasteiger partial charge in [-0.05, 0) is 36.4 Å². The predicted molar refractivity (Wildman–Crippen MR) is 105 cm³/mol. The SMILES string of the molecule is N#Cc1ccc(N2CCN(C(=O)c3ccc(-c4ccccn4)nc3)CC2)nc1. The molecule has 1 aliphatic rings. The Morgan fingerprint density at radius 3 is 2.32 bits per heavy atom. The number of piperazine rings is 1. The predicted octanol–water partition coefficient (Wildman–Crippen LogP) is 2.37. The molecule has 4 heterocycles. The number of nitriles is 1. The minimum absolute atomic E-state index is 0.0208. The van der Waals surface area contributed by atoms with E-state index in [1.165, 1.54) is 0 Å². The Kier molecular flexibility index (Phi) is 4.93. The Bertz CT molecular complexity index is 988. The van der Waals surface area contributed by atoms with Gasteiger partial charge in [-0.25, -0.2) is 4.98 Å². The zero-order valence-electron chi connectivity index (χ0n) is 15.2. The lowest BCUT2D eigenvalue weighted by Crippen LogP contribution is -2.49. The third-order valence-corrected chi connectivity index (χ3v) is 4.71. The van der Waals surface area contributed by atoms with E-state index in [0.717, 1.165) is 17.2 Å². The quantitative estimate of drug-likeness (QED) is 0.704. The number of carbonyl (C=O) groups excluding carboxylic acids is 1. The number of pyridine rings is 3. The molecule has 0 N–H and O–H groups in total. The molecule has 7 heteroatoms. The van der Waals surface area contributed by atoms with Gasteiger partial charge in [-0.1, -0.05) is 6.07 Å². The van der Waals surface area contributed by atoms with Crippen molar-refractivity contribution in [2.75, 3.05) is 31.1 Å². The van der Waals surface area contributed by atoms with Crippen LogP contribution in [0.4, 0.5) is 5.82 Å². The summed E-state index contributed by atoms with van der Waals surface area (Å²) in [5.74, 6) is 0.806. The molecule has 0 aliphatic carbocycles. The van der Waals surface area contributed by atoms with Crippen LogP contribution in [0.2, 0.25) is 0 Å². The van der Waals surface area contributed by atoms with Crippen molar-refractivity contribution in [2.24, 2.45) is 0 Å². The van der Waals surface area contributed by atoms with E-state index in [4.69, 9.17) is 5.26 Å². The highest BCUT2D eigenvalue weighted by atomic mass is 16.2. The molecule has 1 aliphatic heterocycles. The number of hydrogen-bond donors (Lipinski definition) is 0. The Morgan fingerprint density at radius 1 is 0.893 bits per heavy atom. The Balaban J connectivity index is 1.39. The van der Waals surface area contributed by atoms with Crippen molar-refractivity contribution in [3.8, 4) is 17.5 Å². The first-order chi connectivity index (χ1) is 13.7. The third kappa shape index (κ3) is 3.67. The maximum Gasteiger partial charge on any atom is 0.255 e. The molecule has 3 aromatic heterocycles. The molecular weight excluding hydrogens is 352 g/mol. The normalized spacial score (nSPS) is 13.8. The van der Waals surface area contributed by atoms with Gasteiger partial charge in [-0.3, -0.25) is 14.8 Å². The fourth-order valence-corrected chi connectivity index (χ4v) is 3.15. The Morgan fingerprint density at radius 2 is 1.71 bits per heavy atom. The van der Waals surface area contributed by atoms with Crippen LogP contribution in [0.5, 0.6) is 0 Å². The van der Waals surface area contributed by atoms with Crippen molar-refractivity contribution in [3.05, 3.63) is 72.2 Å². The van der Waals surface area contributed by atoms with Crippen LogP contribution in [0.25, 0.3) is 11.4 Å². The van der Waals surface area contributed by atoms with Gasteiger partial charge in [0, 0.05) is 44.8 Å². The molecule has 0 radical (unpaired) electrons. The van der Waals surface area contributed by atoms with Crippen molar-refractivity contribution in [2.45, 2.75) is 0 Å². The van der Waals surface area contributed by atoms with Crippen LogP contribution in [0, 0.1) is 11.3 Å². The first-order valence-electron chi connectivity index (χ1n) is 9.02. The number of aromatic nitrogens is 3. The zero-order valence-corrected chi connectivity index (χ0v) is 15.2. The van der Waals surface area contributed by atoms with E-state index < -0.39 is 0 Å². The van der Waals surface area contributed by atoms with Crippen LogP contribution in [0.15, 0.2) is 61.1 Å². The lowest BCUT2D eigenvalue weighted by Gasteiger charge is -2.35. The van der Waals surface area contributed by atoms with Gasteiger partial charge in [0.15, 0.2) is 0 Å². The number of hydrogen-bond acceptors (Lipinski definition) is 6. The zero-order chi connectivity index (χ0) is 19.3. The fourth-order valence-electron chi connectivity index (χ4n) is 3.15. The van der Waals surface area contributed by atoms with E-state index in [9.17, 15) is 4.79 Å². The van der Waals surface area contributed by atoms with Crippen LogP contribution in [-0.2, 0) is 0 Å². The molecule has 0 spiro atoms. The van der Waals surface area contributed by atoms with E-state index >= 15 is 0 Å². The number of anilines is 1. The van der Waals surface area contributed by atoms with Crippen LogP contribution < -0.4 is 4.90 Å². The molecule has 1 fully saturated rings. The second kappa shape index (κ2) is 7.84. The van der Waals surface area contributed by atoms with E-state index in [0.29, 0.717) is 37.3 Å². The van der Waals surface area contributed by atoms with Crippen molar-refractivity contribution in [3.63, 3.8) is 0 Å². The molecule has 1 amide bonds. The van der Waals surface area contributed by atoms with E-state index in [2.05, 4.69) is 25.9 Å². The van der Waals surface area contributed by atoms with Gasteiger partial charge in [-0.15, -0.1) is 0 Å². The largest absolute Gasteiger partial charge is 0.353 e. The van der Waals surface area contributed by atoms with Crippen molar-refractivity contribution >= 4 is 11.7 Å². The summed E-state index contributed by atoms with van der Waals surface area (Å²) in [4.78, 5) is 29.7. The highest BCUT2D eigenvalue weighted by Gasteiger charge is 2.23. The third-order valence-electron chi connectivity index (χ3n) is 4.71. The van der Waals surface area contributed by atoms with E-state index in [1.54, 1.807) is 30.7 Å². The Labute approximate surface area is 162 Å². The molecule has 1 saturated heterocycles. The molecule has 0 atom stereocenters. The topological polar surface area (TPSA) is 86.0 Å². The maximum absolute atomic E-state index is 12.8. The lowest BCUT2D eigenvalue weighted by molar-refractivity contribution is 0.0746. The summed E-state index contributed by atoms with van der Waals surface area (Å²) in [5.41, 5.74) is 2.64. The van der Waals surface area contributed by atoms with E-state index in [-0.39, 0.29) is 5.91 Å². The molecule has 0 bridgehead atoms. The first kappa shape index (κ1) is 17.6. The summed E-state index contributed by atoms with van der Waals surface area (Å²) in [6, 6.07) is 14.9. The van der Waals surface area contributed by atoms with E-state index in [1.807, 2.05) is 35.2 Å². The maximum atomic E-state index is 12.8. The lowest BCUT2D eigenvalue weighted by atomic mass is 10.2. The minimum atomic E-state index is -0.0208. The van der Waals surface area contributed by atoms with Gasteiger partial charge >= 0.3 is 0 Å². The second-order valence-corrected chi connectivity index (χ2v) is 6.44. The highest BCUT2D eigenvalue weighted by Crippen LogP contribution is 2.17. The minimum Gasteiger partial charge on any atom is -0.353 e. The average Bonchev–Trinajstić information content (AvgIpc) is 2.79. The number of amides is 1. The van der Waals surface area contributed by atoms with Gasteiger partial charge in [0.05, 0.1) is 22.5 Å². The molecule has 7 nitrogen and oxygen atoms in total. The molecule has 0 saturated carbocycles. The van der Waals surface area contributed by atoms with Gasteiger partial charge in [0.2, 0.25) is 0 Å². The molecule has 138 valence electrons. The molecule has 3 aromatic rings. The van der Waals surface area contributed by atoms with Gasteiger partial charge < -0.3 is 9.80 Å². The average molecular weight is 370 g/mol. The van der Waals surface area contributed by atoms with Crippen molar-refractivity contribution in [1.82, 2.24) is 19.9 Å². The monoisotopic (exact) mass is 370 g/mol. The van der Waals surface area contributed by atoms with Crippen LogP contribution in [-0.4, -0.2) is 51.9 Å². The number of carbonyl (C=O) groups is 1. The first-order valence-corrected chi connectivity index (χ1v) is 9.02. The summed E-state index contributed by atoms with van der Waals surface area (Å²) < 4.78 is 0. The summed E-state index contributed by atoms with van der Waals surface area (Å²) in [5, 5.41) is 8.87. The smallest absolute Gasteiger partial charge is 0.255 e. The second-order valence-electron chi connectivity index (χ2n) is 6.44. The van der Waals surface area contributed by atoms with Crippen molar-refractivity contribution < 1.29 is 4.79 Å². The summed E-state index contributed by atoms with van der Waals surface area (Å²) in [7, 11) is 0. The van der Waals surface area contributed by atoms with Crippen LogP contribution >= 0.6 is 0 Å².